The average Bonchev–Trinajstić information content (AvgIpc) is 3.04. The van der Waals surface area contributed by atoms with Crippen molar-refractivity contribution in [2.75, 3.05) is 5.32 Å². The van der Waals surface area contributed by atoms with Gasteiger partial charge in [0.15, 0.2) is 5.11 Å². The second kappa shape index (κ2) is 7.93. The summed E-state index contributed by atoms with van der Waals surface area (Å²) in [6.07, 6.45) is 2.80. The fourth-order valence-corrected chi connectivity index (χ4v) is 5.51. The fourth-order valence-electron chi connectivity index (χ4n) is 3.83. The van der Waals surface area contributed by atoms with Crippen molar-refractivity contribution < 1.29 is 9.59 Å². The van der Waals surface area contributed by atoms with Crippen LogP contribution in [-0.4, -0.2) is 16.9 Å². The second-order valence-corrected chi connectivity index (χ2v) is 8.87. The summed E-state index contributed by atoms with van der Waals surface area (Å²) in [7, 11) is 0. The lowest BCUT2D eigenvalue weighted by atomic mass is 9.88. The van der Waals surface area contributed by atoms with Crippen LogP contribution in [0.5, 0.6) is 0 Å². The van der Waals surface area contributed by atoms with Gasteiger partial charge in [0.25, 0.3) is 11.8 Å². The molecule has 1 aliphatic rings. The SMILES string of the molecule is C[C@@H]1CCc2c(sc(NC(=S)NC(=O)c3cccc4ccccc34)c2C(N)=O)C1. The van der Waals surface area contributed by atoms with E-state index in [2.05, 4.69) is 17.6 Å². The minimum absolute atomic E-state index is 0.150. The van der Waals surface area contributed by atoms with Crippen molar-refractivity contribution in [3.8, 4) is 0 Å². The molecule has 1 aliphatic carbocycles. The molecule has 4 rings (SSSR count). The number of carbonyl (C=O) groups excluding carboxylic acids is 2. The van der Waals surface area contributed by atoms with Gasteiger partial charge in [-0.3, -0.25) is 14.9 Å². The van der Waals surface area contributed by atoms with Crippen LogP contribution in [0.25, 0.3) is 10.8 Å². The number of anilines is 1. The Kier molecular flexibility index (Phi) is 5.34. The van der Waals surface area contributed by atoms with Gasteiger partial charge in [0.05, 0.1) is 5.56 Å². The van der Waals surface area contributed by atoms with Gasteiger partial charge < -0.3 is 11.1 Å². The topological polar surface area (TPSA) is 84.2 Å². The number of primary amides is 1. The molecule has 0 saturated heterocycles. The Bertz CT molecular complexity index is 1130. The number of benzene rings is 2. The van der Waals surface area contributed by atoms with Gasteiger partial charge in [0.1, 0.15) is 5.00 Å². The van der Waals surface area contributed by atoms with Gasteiger partial charge in [-0.15, -0.1) is 11.3 Å². The highest BCUT2D eigenvalue weighted by Gasteiger charge is 2.27. The van der Waals surface area contributed by atoms with E-state index >= 15 is 0 Å². The lowest BCUT2D eigenvalue weighted by Crippen LogP contribution is -2.34. The summed E-state index contributed by atoms with van der Waals surface area (Å²) in [5.74, 6) is -0.189. The number of nitrogens with one attached hydrogen (secondary N) is 2. The van der Waals surface area contributed by atoms with Crippen molar-refractivity contribution in [3.05, 3.63) is 64.0 Å². The van der Waals surface area contributed by atoms with Crippen molar-refractivity contribution in [2.45, 2.75) is 26.2 Å². The third-order valence-electron chi connectivity index (χ3n) is 5.25. The van der Waals surface area contributed by atoms with E-state index in [0.717, 1.165) is 35.6 Å². The van der Waals surface area contributed by atoms with E-state index < -0.39 is 5.91 Å². The summed E-state index contributed by atoms with van der Waals surface area (Å²) < 4.78 is 0. The Balaban J connectivity index is 1.56. The number of hydrogen-bond donors (Lipinski definition) is 3. The zero-order valence-corrected chi connectivity index (χ0v) is 17.6. The number of thiophene rings is 1. The lowest BCUT2D eigenvalue weighted by Gasteiger charge is -2.18. The van der Waals surface area contributed by atoms with E-state index in [-0.39, 0.29) is 11.0 Å². The van der Waals surface area contributed by atoms with E-state index in [0.29, 0.717) is 22.0 Å². The molecule has 1 heterocycles. The van der Waals surface area contributed by atoms with E-state index in [1.54, 1.807) is 6.07 Å². The first-order valence-corrected chi connectivity index (χ1v) is 10.7. The molecule has 0 bridgehead atoms. The van der Waals surface area contributed by atoms with Gasteiger partial charge in [0.2, 0.25) is 0 Å². The van der Waals surface area contributed by atoms with Gasteiger partial charge in [-0.25, -0.2) is 0 Å². The highest BCUT2D eigenvalue weighted by molar-refractivity contribution is 7.80. The number of hydrogen-bond acceptors (Lipinski definition) is 4. The second-order valence-electron chi connectivity index (χ2n) is 7.36. The van der Waals surface area contributed by atoms with E-state index in [4.69, 9.17) is 18.0 Å². The monoisotopic (exact) mass is 423 g/mol. The van der Waals surface area contributed by atoms with E-state index in [1.807, 2.05) is 36.4 Å². The van der Waals surface area contributed by atoms with Crippen LogP contribution < -0.4 is 16.4 Å². The predicted octanol–water partition coefficient (Wildman–Crippen LogP) is 4.25. The summed E-state index contributed by atoms with van der Waals surface area (Å²) >= 11 is 6.85. The van der Waals surface area contributed by atoms with Gasteiger partial charge in [-0.1, -0.05) is 43.3 Å². The number of nitrogens with two attached hydrogens (primary N) is 1. The first-order valence-electron chi connectivity index (χ1n) is 9.48. The maximum Gasteiger partial charge on any atom is 0.258 e. The van der Waals surface area contributed by atoms with Gasteiger partial charge in [-0.05, 0) is 59.8 Å². The van der Waals surface area contributed by atoms with Crippen molar-refractivity contribution >= 4 is 56.3 Å². The molecule has 1 atom stereocenters. The van der Waals surface area contributed by atoms with Gasteiger partial charge in [-0.2, -0.15) is 0 Å². The number of fused-ring (bicyclic) bond motifs is 2. The zero-order valence-electron chi connectivity index (χ0n) is 16.0. The molecule has 148 valence electrons. The molecule has 1 aromatic heterocycles. The smallest absolute Gasteiger partial charge is 0.258 e. The van der Waals surface area contributed by atoms with E-state index in [9.17, 15) is 9.59 Å². The summed E-state index contributed by atoms with van der Waals surface area (Å²) in [6.45, 7) is 2.20. The Labute approximate surface area is 178 Å². The Morgan fingerprint density at radius 3 is 2.72 bits per heavy atom. The quantitative estimate of drug-likeness (QED) is 0.550. The number of amides is 2. The zero-order chi connectivity index (χ0) is 20.5. The molecule has 3 aromatic rings. The first-order chi connectivity index (χ1) is 13.9. The van der Waals surface area contributed by atoms with Gasteiger partial charge in [0, 0.05) is 10.4 Å². The molecular weight excluding hydrogens is 402 g/mol. The van der Waals surface area contributed by atoms with Crippen LogP contribution in [-0.2, 0) is 12.8 Å². The van der Waals surface area contributed by atoms with E-state index in [1.165, 1.54) is 16.2 Å². The largest absolute Gasteiger partial charge is 0.365 e. The van der Waals surface area contributed by atoms with Crippen molar-refractivity contribution in [1.82, 2.24) is 5.32 Å². The summed E-state index contributed by atoms with van der Waals surface area (Å²) in [5.41, 5.74) is 7.71. The Hall–Kier alpha value is -2.77. The minimum Gasteiger partial charge on any atom is -0.365 e. The molecule has 5 nitrogen and oxygen atoms in total. The van der Waals surface area contributed by atoms with Crippen LogP contribution in [0.1, 0.15) is 44.5 Å². The Morgan fingerprint density at radius 1 is 1.17 bits per heavy atom. The van der Waals surface area contributed by atoms with Crippen molar-refractivity contribution in [3.63, 3.8) is 0 Å². The van der Waals surface area contributed by atoms with Crippen LogP contribution in [0.3, 0.4) is 0 Å². The molecule has 0 saturated carbocycles. The summed E-state index contributed by atoms with van der Waals surface area (Å²) in [4.78, 5) is 26.0. The fraction of sp³-hybridized carbons (Fsp3) is 0.227. The normalized spacial score (nSPS) is 15.6. The highest BCUT2D eigenvalue weighted by atomic mass is 32.1. The third kappa shape index (κ3) is 3.88. The standard InChI is InChI=1S/C22H21N3O2S2/c1-12-9-10-16-17(11-12)29-21(18(16)19(23)26)25-22(28)24-20(27)15-8-4-6-13-5-2-3-7-14(13)15/h2-8,12H,9-11H2,1H3,(H2,23,26)(H2,24,25,27,28)/t12-/m1/s1. The number of thiocarbonyl (C=S) groups is 1. The lowest BCUT2D eigenvalue weighted by molar-refractivity contribution is 0.0977. The van der Waals surface area contributed by atoms with Crippen LogP contribution in [0.15, 0.2) is 42.5 Å². The first kappa shape index (κ1) is 19.5. The number of rotatable bonds is 3. The molecular formula is C22H21N3O2S2. The van der Waals surface area contributed by atoms with Crippen LogP contribution in [0, 0.1) is 5.92 Å². The number of carbonyl (C=O) groups is 2. The Morgan fingerprint density at radius 2 is 1.93 bits per heavy atom. The minimum atomic E-state index is -0.470. The average molecular weight is 424 g/mol. The van der Waals surface area contributed by atoms with Crippen LogP contribution >= 0.6 is 23.6 Å². The van der Waals surface area contributed by atoms with Gasteiger partial charge >= 0.3 is 0 Å². The molecule has 0 fully saturated rings. The van der Waals surface area contributed by atoms with Crippen LogP contribution in [0.2, 0.25) is 0 Å². The summed E-state index contributed by atoms with van der Waals surface area (Å²) in [6, 6.07) is 13.2. The molecule has 0 aliphatic heterocycles. The third-order valence-corrected chi connectivity index (χ3v) is 6.62. The van der Waals surface area contributed by atoms with Crippen molar-refractivity contribution in [1.29, 1.82) is 0 Å². The van der Waals surface area contributed by atoms with Crippen LogP contribution in [0.4, 0.5) is 5.00 Å². The molecule has 0 spiro atoms. The molecule has 2 amide bonds. The maximum atomic E-state index is 12.8. The molecule has 29 heavy (non-hydrogen) atoms. The van der Waals surface area contributed by atoms with Crippen molar-refractivity contribution in [2.24, 2.45) is 11.7 Å². The molecule has 4 N–H and O–H groups in total. The molecule has 7 heteroatoms. The molecule has 0 radical (unpaired) electrons. The molecule has 0 unspecified atom stereocenters. The molecule has 2 aromatic carbocycles. The highest BCUT2D eigenvalue weighted by Crippen LogP contribution is 2.39. The predicted molar refractivity (Wildman–Crippen MR) is 122 cm³/mol. The summed E-state index contributed by atoms with van der Waals surface area (Å²) in [5, 5.41) is 8.36. The maximum absolute atomic E-state index is 12.8.